The van der Waals surface area contributed by atoms with Crippen molar-refractivity contribution in [1.29, 1.82) is 0 Å². The summed E-state index contributed by atoms with van der Waals surface area (Å²) in [4.78, 5) is 11.1. The molecule has 0 saturated heterocycles. The second kappa shape index (κ2) is 6.62. The van der Waals surface area contributed by atoms with E-state index in [1.807, 2.05) is 12.1 Å². The molecule has 1 rings (SSSR count). The molecule has 0 radical (unpaired) electrons. The van der Waals surface area contributed by atoms with Crippen LogP contribution >= 0.6 is 15.9 Å². The Balaban J connectivity index is 2.40. The normalized spacial score (nSPS) is 10.0. The molecule has 3 heteroatoms. The van der Waals surface area contributed by atoms with E-state index in [2.05, 4.69) is 35.0 Å². The largest absolute Gasteiger partial charge is 0.461 e. The Morgan fingerprint density at radius 1 is 1.27 bits per heavy atom. The minimum Gasteiger partial charge on any atom is -0.461 e. The Kier molecular flexibility index (Phi) is 5.40. The zero-order valence-electron chi connectivity index (χ0n) is 8.83. The monoisotopic (exact) mass is 270 g/mol. The van der Waals surface area contributed by atoms with Gasteiger partial charge in [-0.2, -0.15) is 0 Å². The van der Waals surface area contributed by atoms with E-state index in [9.17, 15) is 4.79 Å². The molecule has 0 aromatic heterocycles. The SMILES string of the molecule is CCc1ccc(COC(=O)CCBr)cc1. The van der Waals surface area contributed by atoms with Crippen molar-refractivity contribution < 1.29 is 9.53 Å². The molecular formula is C12H15BrO2. The number of ether oxygens (including phenoxy) is 1. The minimum absolute atomic E-state index is 0.161. The molecule has 0 aliphatic heterocycles. The van der Waals surface area contributed by atoms with Crippen LogP contribution in [0.15, 0.2) is 24.3 Å². The van der Waals surface area contributed by atoms with Gasteiger partial charge in [-0.25, -0.2) is 0 Å². The van der Waals surface area contributed by atoms with E-state index >= 15 is 0 Å². The van der Waals surface area contributed by atoms with Crippen molar-refractivity contribution in [2.24, 2.45) is 0 Å². The average molecular weight is 271 g/mol. The first kappa shape index (κ1) is 12.2. The third-order valence-corrected chi connectivity index (χ3v) is 2.53. The molecule has 2 nitrogen and oxygen atoms in total. The van der Waals surface area contributed by atoms with Crippen LogP contribution in [0.4, 0.5) is 0 Å². The first-order valence-electron chi connectivity index (χ1n) is 5.05. The van der Waals surface area contributed by atoms with E-state index in [0.717, 1.165) is 12.0 Å². The lowest BCUT2D eigenvalue weighted by Crippen LogP contribution is -2.04. The number of carbonyl (C=O) groups excluding carboxylic acids is 1. The van der Waals surface area contributed by atoms with Crippen LogP contribution in [0.25, 0.3) is 0 Å². The second-order valence-electron chi connectivity index (χ2n) is 3.27. The highest BCUT2D eigenvalue weighted by Crippen LogP contribution is 2.06. The Bertz CT molecular complexity index is 306. The summed E-state index contributed by atoms with van der Waals surface area (Å²) in [7, 11) is 0. The second-order valence-corrected chi connectivity index (χ2v) is 4.06. The summed E-state index contributed by atoms with van der Waals surface area (Å²) in [5, 5.41) is 0.653. The maximum atomic E-state index is 11.1. The Morgan fingerprint density at radius 2 is 1.87 bits per heavy atom. The number of aryl methyl sites for hydroxylation is 1. The van der Waals surface area contributed by atoms with Crippen molar-refractivity contribution in [3.63, 3.8) is 0 Å². The molecule has 0 spiro atoms. The van der Waals surface area contributed by atoms with Gasteiger partial charge in [0.2, 0.25) is 0 Å². The zero-order valence-corrected chi connectivity index (χ0v) is 10.4. The molecule has 1 aromatic rings. The summed E-state index contributed by atoms with van der Waals surface area (Å²) in [6.45, 7) is 2.49. The predicted molar refractivity (Wildman–Crippen MR) is 64.0 cm³/mol. The predicted octanol–water partition coefficient (Wildman–Crippen LogP) is 3.08. The quantitative estimate of drug-likeness (QED) is 0.607. The van der Waals surface area contributed by atoms with E-state index < -0.39 is 0 Å². The van der Waals surface area contributed by atoms with Crippen LogP contribution in [0.5, 0.6) is 0 Å². The number of alkyl halides is 1. The van der Waals surface area contributed by atoms with E-state index in [-0.39, 0.29) is 5.97 Å². The van der Waals surface area contributed by atoms with E-state index in [1.54, 1.807) is 0 Å². The average Bonchev–Trinajstić information content (AvgIpc) is 2.27. The van der Waals surface area contributed by atoms with Gasteiger partial charge in [-0.15, -0.1) is 0 Å². The maximum absolute atomic E-state index is 11.1. The van der Waals surface area contributed by atoms with Crippen LogP contribution in [0, 0.1) is 0 Å². The Hall–Kier alpha value is -0.830. The number of rotatable bonds is 5. The van der Waals surface area contributed by atoms with E-state index in [0.29, 0.717) is 18.4 Å². The van der Waals surface area contributed by atoms with Crippen LogP contribution in [-0.2, 0) is 22.6 Å². The van der Waals surface area contributed by atoms with Crippen molar-refractivity contribution in [1.82, 2.24) is 0 Å². The van der Waals surface area contributed by atoms with Crippen molar-refractivity contribution in [2.75, 3.05) is 5.33 Å². The number of esters is 1. The lowest BCUT2D eigenvalue weighted by Gasteiger charge is -2.04. The number of halogens is 1. The van der Waals surface area contributed by atoms with Gasteiger partial charge in [0.1, 0.15) is 6.61 Å². The maximum Gasteiger partial charge on any atom is 0.306 e. The molecule has 0 amide bonds. The molecule has 0 atom stereocenters. The standard InChI is InChI=1S/C12H15BrO2/c1-2-10-3-5-11(6-4-10)9-15-12(14)7-8-13/h3-6H,2,7-9H2,1H3. The van der Waals surface area contributed by atoms with Crippen LogP contribution < -0.4 is 0 Å². The van der Waals surface area contributed by atoms with Gasteiger partial charge in [-0.3, -0.25) is 4.79 Å². The van der Waals surface area contributed by atoms with Gasteiger partial charge in [0, 0.05) is 5.33 Å². The highest BCUT2D eigenvalue weighted by Gasteiger charge is 2.01. The number of hydrogen-bond donors (Lipinski definition) is 0. The third-order valence-electron chi connectivity index (χ3n) is 2.13. The molecule has 0 aliphatic carbocycles. The van der Waals surface area contributed by atoms with Crippen molar-refractivity contribution >= 4 is 21.9 Å². The van der Waals surface area contributed by atoms with Gasteiger partial charge in [-0.1, -0.05) is 47.1 Å². The molecule has 0 N–H and O–H groups in total. The zero-order chi connectivity index (χ0) is 11.1. The molecule has 0 bridgehead atoms. The fourth-order valence-electron chi connectivity index (χ4n) is 1.18. The fraction of sp³-hybridized carbons (Fsp3) is 0.417. The summed E-state index contributed by atoms with van der Waals surface area (Å²) in [5.74, 6) is -0.161. The number of benzene rings is 1. The number of hydrogen-bond acceptors (Lipinski definition) is 2. The number of carbonyl (C=O) groups is 1. The summed E-state index contributed by atoms with van der Waals surface area (Å²) in [5.41, 5.74) is 2.33. The summed E-state index contributed by atoms with van der Waals surface area (Å²) < 4.78 is 5.07. The highest BCUT2D eigenvalue weighted by molar-refractivity contribution is 9.09. The van der Waals surface area contributed by atoms with Crippen LogP contribution in [-0.4, -0.2) is 11.3 Å². The highest BCUT2D eigenvalue weighted by atomic mass is 79.9. The summed E-state index contributed by atoms with van der Waals surface area (Å²) in [6, 6.07) is 8.13. The molecule has 0 unspecified atom stereocenters. The molecule has 15 heavy (non-hydrogen) atoms. The smallest absolute Gasteiger partial charge is 0.306 e. The third kappa shape index (κ3) is 4.47. The molecule has 0 saturated carbocycles. The molecule has 0 heterocycles. The minimum atomic E-state index is -0.161. The van der Waals surface area contributed by atoms with Gasteiger partial charge < -0.3 is 4.74 Å². The first-order chi connectivity index (χ1) is 7.26. The molecule has 0 aliphatic rings. The molecule has 1 aromatic carbocycles. The summed E-state index contributed by atoms with van der Waals surface area (Å²) >= 11 is 3.19. The first-order valence-corrected chi connectivity index (χ1v) is 6.17. The molecular weight excluding hydrogens is 256 g/mol. The van der Waals surface area contributed by atoms with Crippen molar-refractivity contribution in [3.8, 4) is 0 Å². The summed E-state index contributed by atoms with van der Waals surface area (Å²) in [6.07, 6.45) is 1.46. The van der Waals surface area contributed by atoms with E-state index in [4.69, 9.17) is 4.74 Å². The Labute approximate surface area is 98.8 Å². The lowest BCUT2D eigenvalue weighted by atomic mass is 10.1. The van der Waals surface area contributed by atoms with Crippen LogP contribution in [0.2, 0.25) is 0 Å². The molecule has 0 fully saturated rings. The van der Waals surface area contributed by atoms with Crippen molar-refractivity contribution in [3.05, 3.63) is 35.4 Å². The van der Waals surface area contributed by atoms with E-state index in [1.165, 1.54) is 5.56 Å². The van der Waals surface area contributed by atoms with Crippen LogP contribution in [0.1, 0.15) is 24.5 Å². The molecule has 82 valence electrons. The fourth-order valence-corrected chi connectivity index (χ4v) is 1.51. The topological polar surface area (TPSA) is 26.3 Å². The van der Waals surface area contributed by atoms with Gasteiger partial charge in [-0.05, 0) is 17.5 Å². The van der Waals surface area contributed by atoms with Gasteiger partial charge in [0.05, 0.1) is 6.42 Å². The van der Waals surface area contributed by atoms with Gasteiger partial charge >= 0.3 is 5.97 Å². The lowest BCUT2D eigenvalue weighted by molar-refractivity contribution is -0.144. The van der Waals surface area contributed by atoms with Gasteiger partial charge in [0.15, 0.2) is 0 Å². The van der Waals surface area contributed by atoms with Gasteiger partial charge in [0.25, 0.3) is 0 Å². The van der Waals surface area contributed by atoms with Crippen LogP contribution in [0.3, 0.4) is 0 Å². The Morgan fingerprint density at radius 3 is 2.40 bits per heavy atom. The van der Waals surface area contributed by atoms with Crippen molar-refractivity contribution in [2.45, 2.75) is 26.4 Å².